The Morgan fingerprint density at radius 3 is 2.14 bits per heavy atom. The molecule has 0 aliphatic heterocycles. The smallest absolute Gasteiger partial charge is 0.00977 e. The normalized spacial score (nSPS) is 29.7. The summed E-state index contributed by atoms with van der Waals surface area (Å²) >= 11 is 0. The molecule has 0 heterocycles. The van der Waals surface area contributed by atoms with E-state index in [2.05, 4.69) is 60.8 Å². The molecule has 1 aliphatic rings. The van der Waals surface area contributed by atoms with E-state index in [0.29, 0.717) is 0 Å². The third-order valence-electron chi connectivity index (χ3n) is 1.89. The molecule has 0 bridgehead atoms. The van der Waals surface area contributed by atoms with Crippen LogP contribution in [0, 0.1) is 6.08 Å². The predicted molar refractivity (Wildman–Crippen MR) is 62.8 cm³/mol. The fourth-order valence-corrected chi connectivity index (χ4v) is 1.15. The summed E-state index contributed by atoms with van der Waals surface area (Å²) in [7, 11) is 0. The minimum atomic E-state index is 0.928. The monoisotopic (exact) mass is 185 g/mol. The second-order valence-electron chi connectivity index (χ2n) is 3.12. The topological polar surface area (TPSA) is 0 Å². The van der Waals surface area contributed by atoms with Crippen LogP contribution in [0.1, 0.15) is 25.7 Å². The highest BCUT2D eigenvalue weighted by molar-refractivity contribution is 5.07. The van der Waals surface area contributed by atoms with Crippen molar-refractivity contribution >= 4 is 0 Å². The van der Waals surface area contributed by atoms with E-state index in [1.54, 1.807) is 0 Å². The first kappa shape index (κ1) is 10.8. The average Bonchev–Trinajstić information content (AvgIpc) is 2.22. The summed E-state index contributed by atoms with van der Waals surface area (Å²) in [5.74, 6) is 0. The van der Waals surface area contributed by atoms with Crippen molar-refractivity contribution in [1.29, 1.82) is 0 Å². The Kier molecular flexibility index (Phi) is 6.39. The van der Waals surface area contributed by atoms with Crippen molar-refractivity contribution in [2.45, 2.75) is 25.7 Å². The Labute approximate surface area is 87.0 Å². The van der Waals surface area contributed by atoms with Gasteiger partial charge in [0.2, 0.25) is 0 Å². The Balaban J connectivity index is 2.45. The summed E-state index contributed by atoms with van der Waals surface area (Å²) in [6.07, 6.45) is 26.5. The van der Waals surface area contributed by atoms with Gasteiger partial charge >= 0.3 is 0 Å². The molecule has 0 saturated heterocycles. The van der Waals surface area contributed by atoms with Crippen LogP contribution in [0.25, 0.3) is 0 Å². The maximum absolute atomic E-state index is 3.23. The zero-order valence-electron chi connectivity index (χ0n) is 8.52. The van der Waals surface area contributed by atoms with Gasteiger partial charge in [-0.05, 0) is 31.8 Å². The molecule has 0 nitrogen and oxygen atoms in total. The first-order chi connectivity index (χ1) is 7.00. The molecule has 0 N–H and O–H groups in total. The molecule has 0 aromatic rings. The summed E-state index contributed by atoms with van der Waals surface area (Å²) in [5.41, 5.74) is 0. The average molecular weight is 185 g/mol. The second-order valence-corrected chi connectivity index (χ2v) is 3.12. The second kappa shape index (κ2) is 8.31. The lowest BCUT2D eigenvalue weighted by Gasteiger charge is -1.85. The quantitative estimate of drug-likeness (QED) is 0.497. The van der Waals surface area contributed by atoms with Gasteiger partial charge in [-0.1, -0.05) is 54.7 Å². The van der Waals surface area contributed by atoms with E-state index in [9.17, 15) is 0 Å². The number of hydrogen-bond acceptors (Lipinski definition) is 0. The van der Waals surface area contributed by atoms with E-state index >= 15 is 0 Å². The summed E-state index contributed by atoms with van der Waals surface area (Å²) in [4.78, 5) is 0. The van der Waals surface area contributed by atoms with Gasteiger partial charge < -0.3 is 0 Å². The lowest BCUT2D eigenvalue weighted by Crippen LogP contribution is -1.65. The first-order valence-corrected chi connectivity index (χ1v) is 5.17. The van der Waals surface area contributed by atoms with Crippen LogP contribution in [0.2, 0.25) is 0 Å². The number of hydrogen-bond donors (Lipinski definition) is 0. The molecular weight excluding hydrogens is 168 g/mol. The molecular formula is C14H17. The summed E-state index contributed by atoms with van der Waals surface area (Å²) in [6, 6.07) is 0. The van der Waals surface area contributed by atoms with E-state index < -0.39 is 0 Å². The molecule has 14 heavy (non-hydrogen) atoms. The molecule has 0 spiro atoms. The maximum Gasteiger partial charge on any atom is -0.00977 e. The largest absolute Gasteiger partial charge is 0.0844 e. The van der Waals surface area contributed by atoms with Crippen molar-refractivity contribution in [2.75, 3.05) is 0 Å². The molecule has 0 aromatic carbocycles. The molecule has 1 rings (SSSR count). The van der Waals surface area contributed by atoms with Crippen molar-refractivity contribution < 1.29 is 0 Å². The SMILES string of the molecule is [C]1=C/C/C=C\C=C\C/C=C/C/C=C/C/1. The Bertz CT molecular complexity index is 234. The van der Waals surface area contributed by atoms with Crippen LogP contribution in [0.3, 0.4) is 0 Å². The minimum absolute atomic E-state index is 0.928. The van der Waals surface area contributed by atoms with Crippen LogP contribution in [0.5, 0.6) is 0 Å². The fourth-order valence-electron chi connectivity index (χ4n) is 1.15. The molecule has 0 aromatic heterocycles. The van der Waals surface area contributed by atoms with Crippen LogP contribution in [-0.4, -0.2) is 0 Å². The first-order valence-electron chi connectivity index (χ1n) is 5.17. The molecule has 0 atom stereocenters. The van der Waals surface area contributed by atoms with Gasteiger partial charge in [0.05, 0.1) is 0 Å². The van der Waals surface area contributed by atoms with E-state index in [0.717, 1.165) is 25.7 Å². The standard InChI is InChI=1S/C14H17/c1-2-4-6-8-10-12-14-13-11-9-7-5-3-1/h1-4,7-9,13-14H,5-6,11-12H2/b3-1+,4-2-,9-7+,10-8?,14-13+. The number of allylic oxidation sites excluding steroid dienone is 10. The highest BCUT2D eigenvalue weighted by atomic mass is 13.8. The predicted octanol–water partition coefficient (Wildman–Crippen LogP) is 4.14. The highest BCUT2D eigenvalue weighted by Crippen LogP contribution is 1.96. The highest BCUT2D eigenvalue weighted by Gasteiger charge is 1.76. The van der Waals surface area contributed by atoms with E-state index in [1.165, 1.54) is 0 Å². The van der Waals surface area contributed by atoms with Crippen LogP contribution >= 0.6 is 0 Å². The zero-order chi connectivity index (χ0) is 9.90. The van der Waals surface area contributed by atoms with Crippen molar-refractivity contribution in [3.8, 4) is 0 Å². The van der Waals surface area contributed by atoms with Gasteiger partial charge in [0.1, 0.15) is 0 Å². The third-order valence-corrected chi connectivity index (χ3v) is 1.89. The van der Waals surface area contributed by atoms with Crippen molar-refractivity contribution in [3.63, 3.8) is 0 Å². The lowest BCUT2D eigenvalue weighted by atomic mass is 10.2. The van der Waals surface area contributed by atoms with Crippen molar-refractivity contribution in [3.05, 3.63) is 60.8 Å². The molecule has 0 unspecified atom stereocenters. The molecule has 73 valence electrons. The van der Waals surface area contributed by atoms with E-state index in [1.807, 2.05) is 0 Å². The summed E-state index contributed by atoms with van der Waals surface area (Å²) in [6.45, 7) is 0. The van der Waals surface area contributed by atoms with Crippen LogP contribution in [0.4, 0.5) is 0 Å². The van der Waals surface area contributed by atoms with Gasteiger partial charge in [0, 0.05) is 0 Å². The summed E-state index contributed by atoms with van der Waals surface area (Å²) < 4.78 is 0. The van der Waals surface area contributed by atoms with Gasteiger partial charge in [-0.3, -0.25) is 0 Å². The Hall–Kier alpha value is -1.30. The Morgan fingerprint density at radius 1 is 0.643 bits per heavy atom. The Morgan fingerprint density at radius 2 is 1.29 bits per heavy atom. The minimum Gasteiger partial charge on any atom is -0.0844 e. The molecule has 0 fully saturated rings. The zero-order valence-corrected chi connectivity index (χ0v) is 8.52. The molecule has 1 radical (unpaired) electrons. The van der Waals surface area contributed by atoms with Gasteiger partial charge in [-0.2, -0.15) is 0 Å². The van der Waals surface area contributed by atoms with Gasteiger partial charge in [-0.15, -0.1) is 0 Å². The van der Waals surface area contributed by atoms with Crippen LogP contribution < -0.4 is 0 Å². The third kappa shape index (κ3) is 6.24. The van der Waals surface area contributed by atoms with Gasteiger partial charge in [0.15, 0.2) is 0 Å². The molecule has 1 aliphatic carbocycles. The molecule has 0 heteroatoms. The summed E-state index contributed by atoms with van der Waals surface area (Å²) in [5, 5.41) is 0. The van der Waals surface area contributed by atoms with E-state index in [-0.39, 0.29) is 0 Å². The lowest BCUT2D eigenvalue weighted by molar-refractivity contribution is 1.23. The van der Waals surface area contributed by atoms with Crippen LogP contribution in [-0.2, 0) is 0 Å². The van der Waals surface area contributed by atoms with E-state index in [4.69, 9.17) is 0 Å². The number of rotatable bonds is 0. The maximum atomic E-state index is 3.23. The molecule has 0 saturated carbocycles. The van der Waals surface area contributed by atoms with Crippen molar-refractivity contribution in [2.24, 2.45) is 0 Å². The fraction of sp³-hybridized carbons (Fsp3) is 0.286. The van der Waals surface area contributed by atoms with Gasteiger partial charge in [-0.25, -0.2) is 0 Å². The van der Waals surface area contributed by atoms with Crippen molar-refractivity contribution in [1.82, 2.24) is 0 Å². The molecule has 0 amide bonds. The van der Waals surface area contributed by atoms with Crippen LogP contribution in [0.15, 0.2) is 54.7 Å². The van der Waals surface area contributed by atoms with Gasteiger partial charge in [0.25, 0.3) is 0 Å².